The van der Waals surface area contributed by atoms with Crippen molar-refractivity contribution >= 4 is 5.91 Å². The van der Waals surface area contributed by atoms with Crippen LogP contribution in [0.3, 0.4) is 0 Å². The maximum atomic E-state index is 12.3. The number of likely N-dealkylation sites (N-methyl/N-ethyl adjacent to an activating group) is 1. The second-order valence-corrected chi connectivity index (χ2v) is 5.80. The van der Waals surface area contributed by atoms with Crippen LogP contribution in [0.25, 0.3) is 0 Å². The van der Waals surface area contributed by atoms with Crippen LogP contribution in [0.4, 0.5) is 0 Å². The third-order valence-corrected chi connectivity index (χ3v) is 4.26. The molecule has 1 aliphatic heterocycles. The molecule has 1 saturated carbocycles. The molecule has 18 heavy (non-hydrogen) atoms. The number of likely N-dealkylation sites (tertiary alicyclic amines) is 1. The van der Waals surface area contributed by atoms with E-state index in [0.717, 1.165) is 19.5 Å². The van der Waals surface area contributed by atoms with Gasteiger partial charge in [-0.05, 0) is 46.1 Å². The molecule has 0 bridgehead atoms. The molecule has 0 aromatic carbocycles. The summed E-state index contributed by atoms with van der Waals surface area (Å²) in [6.07, 6.45) is 5.97. The normalized spacial score (nSPS) is 26.9. The van der Waals surface area contributed by atoms with E-state index in [9.17, 15) is 4.79 Å². The molecule has 0 aromatic heterocycles. The quantitative estimate of drug-likeness (QED) is 0.801. The van der Waals surface area contributed by atoms with Gasteiger partial charge < -0.3 is 10.6 Å². The number of hydrogen-bond donors (Lipinski definition) is 1. The van der Waals surface area contributed by atoms with Crippen LogP contribution in [0.1, 0.15) is 46.0 Å². The Labute approximate surface area is 110 Å². The van der Waals surface area contributed by atoms with Gasteiger partial charge in [0.15, 0.2) is 0 Å². The Hall–Kier alpha value is -0.610. The van der Waals surface area contributed by atoms with Crippen molar-refractivity contribution in [3.05, 3.63) is 0 Å². The Morgan fingerprint density at radius 1 is 1.39 bits per heavy atom. The predicted octanol–water partition coefficient (Wildman–Crippen LogP) is 1.20. The average molecular weight is 253 g/mol. The lowest BCUT2D eigenvalue weighted by Gasteiger charge is -2.38. The molecule has 1 amide bonds. The second-order valence-electron chi connectivity index (χ2n) is 5.80. The van der Waals surface area contributed by atoms with E-state index in [1.54, 1.807) is 0 Å². The summed E-state index contributed by atoms with van der Waals surface area (Å²) in [5.74, 6) is 0.299. The lowest BCUT2D eigenvalue weighted by Crippen LogP contribution is -2.53. The van der Waals surface area contributed by atoms with Crippen LogP contribution >= 0.6 is 0 Å². The van der Waals surface area contributed by atoms with Gasteiger partial charge >= 0.3 is 0 Å². The van der Waals surface area contributed by atoms with Gasteiger partial charge in [-0.15, -0.1) is 0 Å². The highest BCUT2D eigenvalue weighted by Crippen LogP contribution is 2.27. The summed E-state index contributed by atoms with van der Waals surface area (Å²) >= 11 is 0. The maximum Gasteiger partial charge on any atom is 0.236 e. The zero-order chi connectivity index (χ0) is 13.1. The third-order valence-electron chi connectivity index (χ3n) is 4.26. The van der Waals surface area contributed by atoms with Crippen LogP contribution in [-0.4, -0.2) is 53.5 Å². The molecule has 2 N–H and O–H groups in total. The summed E-state index contributed by atoms with van der Waals surface area (Å²) in [4.78, 5) is 16.7. The van der Waals surface area contributed by atoms with Crippen LogP contribution in [0, 0.1) is 0 Å². The van der Waals surface area contributed by atoms with Crippen LogP contribution in [-0.2, 0) is 4.79 Å². The lowest BCUT2D eigenvalue weighted by molar-refractivity contribution is -0.133. The molecule has 1 aliphatic carbocycles. The van der Waals surface area contributed by atoms with Gasteiger partial charge in [0.2, 0.25) is 5.91 Å². The van der Waals surface area contributed by atoms with Crippen molar-refractivity contribution in [1.29, 1.82) is 0 Å². The zero-order valence-electron chi connectivity index (χ0n) is 11.8. The maximum absolute atomic E-state index is 12.3. The van der Waals surface area contributed by atoms with Crippen LogP contribution in [0.5, 0.6) is 0 Å². The van der Waals surface area contributed by atoms with Crippen LogP contribution in [0.2, 0.25) is 0 Å². The number of hydrogen-bond acceptors (Lipinski definition) is 3. The Balaban J connectivity index is 1.91. The van der Waals surface area contributed by atoms with Gasteiger partial charge in [-0.25, -0.2) is 0 Å². The first-order valence-electron chi connectivity index (χ1n) is 7.42. The molecule has 2 unspecified atom stereocenters. The Morgan fingerprint density at radius 2 is 2.11 bits per heavy atom. The van der Waals surface area contributed by atoms with Gasteiger partial charge in [0.25, 0.3) is 0 Å². The van der Waals surface area contributed by atoms with E-state index in [2.05, 4.69) is 18.7 Å². The summed E-state index contributed by atoms with van der Waals surface area (Å²) < 4.78 is 0. The van der Waals surface area contributed by atoms with Crippen molar-refractivity contribution in [2.24, 2.45) is 5.73 Å². The van der Waals surface area contributed by atoms with Crippen molar-refractivity contribution in [2.45, 2.75) is 64.1 Å². The first-order chi connectivity index (χ1) is 8.63. The fourth-order valence-electron chi connectivity index (χ4n) is 3.10. The number of nitrogens with two attached hydrogens (primary N) is 1. The smallest absolute Gasteiger partial charge is 0.236 e. The zero-order valence-corrected chi connectivity index (χ0v) is 11.8. The highest BCUT2D eigenvalue weighted by molar-refractivity contribution is 5.79. The first kappa shape index (κ1) is 13.8. The van der Waals surface area contributed by atoms with Gasteiger partial charge in [-0.3, -0.25) is 9.69 Å². The molecule has 2 fully saturated rings. The SMILES string of the molecule is CCN(C(=O)CN1CCCCC1C(C)N)C1CC1. The van der Waals surface area contributed by atoms with E-state index in [0.29, 0.717) is 24.5 Å². The Kier molecular flexibility index (Phi) is 4.62. The topological polar surface area (TPSA) is 49.6 Å². The molecule has 2 rings (SSSR count). The molecule has 0 radical (unpaired) electrons. The highest BCUT2D eigenvalue weighted by Gasteiger charge is 2.34. The fourth-order valence-corrected chi connectivity index (χ4v) is 3.10. The van der Waals surface area contributed by atoms with E-state index in [-0.39, 0.29) is 6.04 Å². The lowest BCUT2D eigenvalue weighted by atomic mass is 9.97. The van der Waals surface area contributed by atoms with Crippen molar-refractivity contribution in [3.8, 4) is 0 Å². The minimum absolute atomic E-state index is 0.161. The molecule has 2 atom stereocenters. The molecular weight excluding hydrogens is 226 g/mol. The van der Waals surface area contributed by atoms with Crippen molar-refractivity contribution in [3.63, 3.8) is 0 Å². The largest absolute Gasteiger partial charge is 0.339 e. The molecule has 2 aliphatic rings. The fraction of sp³-hybridized carbons (Fsp3) is 0.929. The van der Waals surface area contributed by atoms with E-state index >= 15 is 0 Å². The summed E-state index contributed by atoms with van der Waals surface area (Å²) in [5.41, 5.74) is 6.05. The monoisotopic (exact) mass is 253 g/mol. The molecule has 4 nitrogen and oxygen atoms in total. The van der Waals surface area contributed by atoms with Gasteiger partial charge in [-0.2, -0.15) is 0 Å². The van der Waals surface area contributed by atoms with E-state index in [1.165, 1.54) is 25.7 Å². The summed E-state index contributed by atoms with van der Waals surface area (Å²) in [7, 11) is 0. The molecular formula is C14H27N3O. The minimum Gasteiger partial charge on any atom is -0.339 e. The van der Waals surface area contributed by atoms with Crippen molar-refractivity contribution in [1.82, 2.24) is 9.80 Å². The van der Waals surface area contributed by atoms with Crippen LogP contribution < -0.4 is 5.73 Å². The number of carbonyl (C=O) groups is 1. The molecule has 1 saturated heterocycles. The Bertz CT molecular complexity index is 289. The molecule has 1 heterocycles. The predicted molar refractivity (Wildman–Crippen MR) is 73.3 cm³/mol. The van der Waals surface area contributed by atoms with Gasteiger partial charge in [0, 0.05) is 24.7 Å². The standard InChI is InChI=1S/C14H27N3O/c1-3-17(12-7-8-12)14(18)10-16-9-5-4-6-13(16)11(2)15/h11-13H,3-10,15H2,1-2H3. The molecule has 4 heteroatoms. The molecule has 104 valence electrons. The third kappa shape index (κ3) is 3.23. The number of nitrogens with zero attached hydrogens (tertiary/aromatic N) is 2. The van der Waals surface area contributed by atoms with Gasteiger partial charge in [-0.1, -0.05) is 6.42 Å². The average Bonchev–Trinajstić information content (AvgIpc) is 3.15. The van der Waals surface area contributed by atoms with Crippen molar-refractivity contribution < 1.29 is 4.79 Å². The number of carbonyl (C=O) groups excluding carboxylic acids is 1. The van der Waals surface area contributed by atoms with Crippen LogP contribution in [0.15, 0.2) is 0 Å². The molecule has 0 spiro atoms. The Morgan fingerprint density at radius 3 is 2.67 bits per heavy atom. The van der Waals surface area contributed by atoms with E-state index < -0.39 is 0 Å². The first-order valence-corrected chi connectivity index (χ1v) is 7.42. The highest BCUT2D eigenvalue weighted by atomic mass is 16.2. The number of amides is 1. The molecule has 0 aromatic rings. The van der Waals surface area contributed by atoms with Crippen molar-refractivity contribution in [2.75, 3.05) is 19.6 Å². The second kappa shape index (κ2) is 6.02. The number of piperidine rings is 1. The van der Waals surface area contributed by atoms with E-state index in [4.69, 9.17) is 5.73 Å². The summed E-state index contributed by atoms with van der Waals surface area (Å²) in [6.45, 7) is 6.58. The number of rotatable bonds is 5. The van der Waals surface area contributed by atoms with E-state index in [1.807, 2.05) is 4.90 Å². The van der Waals surface area contributed by atoms with Gasteiger partial charge in [0.05, 0.1) is 6.54 Å². The van der Waals surface area contributed by atoms with Gasteiger partial charge in [0.1, 0.15) is 0 Å². The summed E-state index contributed by atoms with van der Waals surface area (Å²) in [5, 5.41) is 0. The summed E-state index contributed by atoms with van der Waals surface area (Å²) in [6, 6.07) is 1.08. The minimum atomic E-state index is 0.161.